The molecule has 2 atom stereocenters. The van der Waals surface area contributed by atoms with Crippen molar-refractivity contribution in [2.24, 2.45) is 23.3 Å². The molecule has 36 heavy (non-hydrogen) atoms. The number of esters is 2. The van der Waals surface area contributed by atoms with E-state index >= 15 is 0 Å². The van der Waals surface area contributed by atoms with Crippen LogP contribution < -0.4 is 32.7 Å². The van der Waals surface area contributed by atoms with Gasteiger partial charge in [-0.05, 0) is 37.5 Å². The van der Waals surface area contributed by atoms with Gasteiger partial charge in [0.2, 0.25) is 0 Å². The number of hydrogen-bond acceptors (Lipinski definition) is 8. The fourth-order valence-corrected chi connectivity index (χ4v) is 3.11. The number of hydrogen-bond donors (Lipinski definition) is 6. The van der Waals surface area contributed by atoms with E-state index in [0.29, 0.717) is 37.9 Å². The van der Waals surface area contributed by atoms with Crippen LogP contribution >= 0.6 is 0 Å². The molecule has 2 saturated heterocycles. The summed E-state index contributed by atoms with van der Waals surface area (Å²) >= 11 is 0. The number of nitrogens with one attached hydrogen (secondary N) is 4. The second-order valence-corrected chi connectivity index (χ2v) is 9.71. The van der Waals surface area contributed by atoms with Gasteiger partial charge in [0.1, 0.15) is 24.4 Å². The fourth-order valence-electron chi connectivity index (χ4n) is 3.11. The normalized spacial score (nSPS) is 19.3. The number of amides is 4. The third kappa shape index (κ3) is 15.4. The molecule has 0 aliphatic carbocycles. The zero-order valence-electron chi connectivity index (χ0n) is 22.7. The minimum atomic E-state index is -0.447. The molecule has 0 bridgehead atoms. The summed E-state index contributed by atoms with van der Waals surface area (Å²) in [5.74, 6) is 0.353. The lowest BCUT2D eigenvalue weighted by Gasteiger charge is -2.12. The van der Waals surface area contributed by atoms with Crippen LogP contribution in [0.15, 0.2) is 0 Å². The second-order valence-electron chi connectivity index (χ2n) is 9.71. The minimum Gasteiger partial charge on any atom is -0.465 e. The van der Waals surface area contributed by atoms with Crippen LogP contribution in [0.4, 0.5) is 9.59 Å². The lowest BCUT2D eigenvalue weighted by Crippen LogP contribution is -2.39. The van der Waals surface area contributed by atoms with Gasteiger partial charge in [-0.2, -0.15) is 0 Å². The summed E-state index contributed by atoms with van der Waals surface area (Å²) in [6, 6.07) is -1.42. The average molecular weight is 517 g/mol. The predicted octanol–water partition coefficient (Wildman–Crippen LogP) is 1.67. The molecule has 2 aliphatic rings. The molecule has 2 fully saturated rings. The number of fused-ring (bicyclic) bond motifs is 1. The zero-order valence-corrected chi connectivity index (χ0v) is 22.7. The van der Waals surface area contributed by atoms with Gasteiger partial charge >= 0.3 is 24.0 Å². The highest BCUT2D eigenvalue weighted by atomic mass is 16.5. The molecule has 0 aromatic carbocycles. The van der Waals surface area contributed by atoms with Crippen molar-refractivity contribution in [1.82, 2.24) is 21.3 Å². The van der Waals surface area contributed by atoms with Crippen molar-refractivity contribution in [3.05, 3.63) is 0 Å². The third-order valence-corrected chi connectivity index (χ3v) is 5.02. The van der Waals surface area contributed by atoms with Crippen molar-refractivity contribution in [3.8, 4) is 0 Å². The molecule has 0 aromatic heterocycles. The van der Waals surface area contributed by atoms with Gasteiger partial charge in [-0.3, -0.25) is 9.59 Å². The molecule has 0 unspecified atom stereocenters. The van der Waals surface area contributed by atoms with Crippen LogP contribution in [0, 0.1) is 11.8 Å². The predicted molar refractivity (Wildman–Crippen MR) is 138 cm³/mol. The third-order valence-electron chi connectivity index (χ3n) is 5.02. The molecule has 0 radical (unpaired) electrons. The Labute approximate surface area is 215 Å². The highest BCUT2D eigenvalue weighted by Crippen LogP contribution is 2.05. The average Bonchev–Trinajstić information content (AvgIpc) is 3.29. The number of carbonyl (C=O) groups excluding carboxylic acids is 4. The number of ether oxygens (including phenoxy) is 2. The Balaban J connectivity index is 0.000000513. The van der Waals surface area contributed by atoms with Gasteiger partial charge in [0.25, 0.3) is 0 Å². The van der Waals surface area contributed by atoms with E-state index in [-0.39, 0.29) is 36.3 Å². The standard InChI is InChI=1S/2C10H21NO2.C4H6N4O2/c2*1-4-5-6-13-10(12)9(11)7-8(2)3;9-3-5-1-2(7-3)8-4(10)6-1/h2*8-9H,4-7,11H2,1-3H3;1-2H,(H2,5,7,9)(H2,6,8,10)/t2*9-;/m00./s1. The maximum absolute atomic E-state index is 11.2. The zero-order chi connectivity index (χ0) is 27.7. The molecular formula is C24H48N6O6. The summed E-state index contributed by atoms with van der Waals surface area (Å²) in [5, 5.41) is 10.0. The Kier molecular flexibility index (Phi) is 17.3. The highest BCUT2D eigenvalue weighted by Gasteiger charge is 2.38. The molecule has 2 aliphatic heterocycles. The van der Waals surface area contributed by atoms with Crippen LogP contribution in [0.5, 0.6) is 0 Å². The van der Waals surface area contributed by atoms with Gasteiger partial charge in [0.15, 0.2) is 0 Å². The minimum absolute atomic E-state index is 0.262. The molecule has 4 amide bonds. The fraction of sp³-hybridized carbons (Fsp3) is 0.833. The summed E-state index contributed by atoms with van der Waals surface area (Å²) in [6.07, 6.45) is 4.72. The van der Waals surface area contributed by atoms with E-state index in [9.17, 15) is 19.2 Å². The number of urea groups is 2. The molecule has 12 nitrogen and oxygen atoms in total. The van der Waals surface area contributed by atoms with E-state index in [1.165, 1.54) is 0 Å². The Bertz CT molecular complexity index is 603. The summed E-state index contributed by atoms with van der Waals surface area (Å²) in [7, 11) is 0. The molecule has 2 heterocycles. The first-order valence-corrected chi connectivity index (χ1v) is 12.9. The second kappa shape index (κ2) is 18.6. The van der Waals surface area contributed by atoms with E-state index < -0.39 is 12.1 Å². The van der Waals surface area contributed by atoms with Crippen LogP contribution in [0.2, 0.25) is 0 Å². The van der Waals surface area contributed by atoms with Crippen molar-refractivity contribution in [2.75, 3.05) is 13.2 Å². The number of rotatable bonds is 12. The monoisotopic (exact) mass is 516 g/mol. The van der Waals surface area contributed by atoms with Gasteiger partial charge in [-0.25, -0.2) is 9.59 Å². The Hall–Kier alpha value is -2.60. The Morgan fingerprint density at radius 1 is 0.722 bits per heavy atom. The first kappa shape index (κ1) is 33.4. The van der Waals surface area contributed by atoms with Crippen molar-refractivity contribution in [3.63, 3.8) is 0 Å². The quantitative estimate of drug-likeness (QED) is 0.167. The summed E-state index contributed by atoms with van der Waals surface area (Å²) in [5.41, 5.74) is 11.3. The molecule has 12 heteroatoms. The number of nitrogens with two attached hydrogens (primary N) is 2. The van der Waals surface area contributed by atoms with Crippen molar-refractivity contribution in [1.29, 1.82) is 0 Å². The van der Waals surface area contributed by atoms with Crippen LogP contribution in [0.25, 0.3) is 0 Å². The first-order chi connectivity index (χ1) is 16.9. The topological polar surface area (TPSA) is 187 Å². The van der Waals surface area contributed by atoms with Crippen molar-refractivity contribution < 1.29 is 28.7 Å². The van der Waals surface area contributed by atoms with E-state index in [1.807, 2.05) is 27.7 Å². The molecule has 210 valence electrons. The molecule has 0 saturated carbocycles. The van der Waals surface area contributed by atoms with Gasteiger partial charge in [-0.1, -0.05) is 54.4 Å². The van der Waals surface area contributed by atoms with Crippen LogP contribution in [0.1, 0.15) is 80.1 Å². The maximum Gasteiger partial charge on any atom is 0.322 e. The number of carbonyl (C=O) groups is 4. The summed E-state index contributed by atoms with van der Waals surface area (Å²) in [4.78, 5) is 43.5. The van der Waals surface area contributed by atoms with Crippen molar-refractivity contribution in [2.45, 2.75) is 104 Å². The van der Waals surface area contributed by atoms with Gasteiger partial charge in [-0.15, -0.1) is 0 Å². The SMILES string of the molecule is CCCCOC(=O)[C@@H](N)CC(C)C.CCCCOC(=O)[C@@H](N)CC(C)C.O=C1NC2NC(=O)NC2N1. The van der Waals surface area contributed by atoms with E-state index in [0.717, 1.165) is 25.7 Å². The summed E-state index contributed by atoms with van der Waals surface area (Å²) < 4.78 is 9.96. The molecule has 2 rings (SSSR count). The van der Waals surface area contributed by atoms with Gasteiger partial charge in [0.05, 0.1) is 13.2 Å². The maximum atomic E-state index is 11.2. The highest BCUT2D eigenvalue weighted by molar-refractivity contribution is 5.84. The van der Waals surface area contributed by atoms with Crippen LogP contribution in [0.3, 0.4) is 0 Å². The van der Waals surface area contributed by atoms with Crippen molar-refractivity contribution >= 4 is 24.0 Å². The Morgan fingerprint density at radius 3 is 1.28 bits per heavy atom. The van der Waals surface area contributed by atoms with Crippen LogP contribution in [-0.4, -0.2) is 61.6 Å². The molecule has 0 spiro atoms. The summed E-state index contributed by atoms with van der Waals surface area (Å²) in [6.45, 7) is 13.3. The largest absolute Gasteiger partial charge is 0.465 e. The smallest absolute Gasteiger partial charge is 0.322 e. The molecular weight excluding hydrogens is 468 g/mol. The van der Waals surface area contributed by atoms with Gasteiger partial charge < -0.3 is 42.2 Å². The molecule has 8 N–H and O–H groups in total. The number of unbranched alkanes of at least 4 members (excludes halogenated alkanes) is 2. The van der Waals surface area contributed by atoms with Gasteiger partial charge in [0, 0.05) is 0 Å². The Morgan fingerprint density at radius 2 is 1.03 bits per heavy atom. The van der Waals surface area contributed by atoms with Crippen LogP contribution in [-0.2, 0) is 19.1 Å². The lowest BCUT2D eigenvalue weighted by atomic mass is 10.1. The van der Waals surface area contributed by atoms with E-state index in [4.69, 9.17) is 20.9 Å². The first-order valence-electron chi connectivity index (χ1n) is 12.9. The molecule has 0 aromatic rings. The van der Waals surface area contributed by atoms with E-state index in [1.54, 1.807) is 0 Å². The lowest BCUT2D eigenvalue weighted by molar-refractivity contribution is -0.146. The van der Waals surface area contributed by atoms with E-state index in [2.05, 4.69) is 35.1 Å².